The van der Waals surface area contributed by atoms with E-state index in [2.05, 4.69) is 20.4 Å². The highest BCUT2D eigenvalue weighted by atomic mass is 16.5. The Balaban J connectivity index is 1.89. The fourth-order valence-electron chi connectivity index (χ4n) is 3.01. The molecule has 3 aromatic rings. The Hall–Kier alpha value is -3.20. The maximum absolute atomic E-state index is 12.9. The third-order valence-electron chi connectivity index (χ3n) is 4.14. The van der Waals surface area contributed by atoms with E-state index in [4.69, 9.17) is 5.73 Å². The standard InChI is InChI=1S/C17H20N6O3/c1-11-12(7-8-18)13-5-3-4-6-14(13)23(11)16(24)10-22-9-15(20-21-22)19-17(25)26-2/h3-6,9H,7-8,10,18H2,1-2H3,(H,19,25). The Bertz CT molecular complexity index is 959. The van der Waals surface area contributed by atoms with E-state index in [0.717, 1.165) is 22.2 Å². The number of hydrogen-bond donors (Lipinski definition) is 2. The van der Waals surface area contributed by atoms with Crippen LogP contribution in [0, 0.1) is 6.92 Å². The number of carbonyl (C=O) groups is 2. The molecule has 0 saturated heterocycles. The summed E-state index contributed by atoms with van der Waals surface area (Å²) in [5.41, 5.74) is 8.50. The third-order valence-corrected chi connectivity index (χ3v) is 4.14. The van der Waals surface area contributed by atoms with Crippen LogP contribution in [0.25, 0.3) is 10.9 Å². The number of fused-ring (bicyclic) bond motifs is 1. The van der Waals surface area contributed by atoms with Gasteiger partial charge in [-0.3, -0.25) is 14.7 Å². The maximum atomic E-state index is 12.9. The molecule has 2 aromatic heterocycles. The first-order chi connectivity index (χ1) is 12.5. The Labute approximate surface area is 149 Å². The van der Waals surface area contributed by atoms with Gasteiger partial charge in [-0.25, -0.2) is 9.48 Å². The van der Waals surface area contributed by atoms with Gasteiger partial charge in [-0.1, -0.05) is 23.4 Å². The van der Waals surface area contributed by atoms with Crippen LogP contribution in [0.15, 0.2) is 30.5 Å². The lowest BCUT2D eigenvalue weighted by molar-refractivity contribution is 0.0889. The topological polar surface area (TPSA) is 117 Å². The summed E-state index contributed by atoms with van der Waals surface area (Å²) in [6.45, 7) is 2.40. The first-order valence-corrected chi connectivity index (χ1v) is 8.12. The molecule has 0 saturated carbocycles. The Morgan fingerprint density at radius 1 is 1.31 bits per heavy atom. The van der Waals surface area contributed by atoms with Crippen LogP contribution in [0.1, 0.15) is 16.1 Å². The first-order valence-electron chi connectivity index (χ1n) is 8.12. The molecule has 0 radical (unpaired) electrons. The minimum atomic E-state index is -0.651. The molecule has 26 heavy (non-hydrogen) atoms. The molecule has 1 aromatic carbocycles. The van der Waals surface area contributed by atoms with Crippen LogP contribution in [0.4, 0.5) is 10.6 Å². The van der Waals surface area contributed by atoms with Crippen molar-refractivity contribution >= 4 is 28.7 Å². The summed E-state index contributed by atoms with van der Waals surface area (Å²) in [6, 6.07) is 7.74. The molecule has 2 heterocycles. The summed E-state index contributed by atoms with van der Waals surface area (Å²) < 4.78 is 7.54. The number of para-hydroxylation sites is 1. The zero-order chi connectivity index (χ0) is 18.7. The minimum absolute atomic E-state index is 0.0164. The molecule has 136 valence electrons. The quantitative estimate of drug-likeness (QED) is 0.716. The van der Waals surface area contributed by atoms with Crippen LogP contribution in [0.3, 0.4) is 0 Å². The van der Waals surface area contributed by atoms with Crippen molar-refractivity contribution < 1.29 is 14.3 Å². The van der Waals surface area contributed by atoms with Crippen molar-refractivity contribution in [2.75, 3.05) is 19.0 Å². The van der Waals surface area contributed by atoms with Gasteiger partial charge in [0.25, 0.3) is 5.91 Å². The second-order valence-electron chi connectivity index (χ2n) is 5.77. The summed E-state index contributed by atoms with van der Waals surface area (Å²) in [4.78, 5) is 24.1. The maximum Gasteiger partial charge on any atom is 0.412 e. The van der Waals surface area contributed by atoms with Crippen LogP contribution >= 0.6 is 0 Å². The number of hydrogen-bond acceptors (Lipinski definition) is 6. The summed E-state index contributed by atoms with van der Waals surface area (Å²) in [5.74, 6) is 0.0547. The van der Waals surface area contributed by atoms with Gasteiger partial charge in [-0.15, -0.1) is 5.10 Å². The van der Waals surface area contributed by atoms with E-state index in [1.807, 2.05) is 31.2 Å². The molecule has 0 fully saturated rings. The monoisotopic (exact) mass is 356 g/mol. The normalized spacial score (nSPS) is 10.9. The number of amides is 1. The highest BCUT2D eigenvalue weighted by Crippen LogP contribution is 2.26. The van der Waals surface area contributed by atoms with Crippen LogP contribution in [0.2, 0.25) is 0 Å². The summed E-state index contributed by atoms with van der Waals surface area (Å²) in [7, 11) is 1.25. The third kappa shape index (κ3) is 3.29. The molecule has 0 aliphatic carbocycles. The molecule has 1 amide bonds. The molecule has 3 rings (SSSR count). The number of aromatic nitrogens is 4. The lowest BCUT2D eigenvalue weighted by Gasteiger charge is -2.07. The van der Waals surface area contributed by atoms with E-state index >= 15 is 0 Å². The zero-order valence-electron chi connectivity index (χ0n) is 14.6. The van der Waals surface area contributed by atoms with Crippen molar-refractivity contribution in [2.45, 2.75) is 19.9 Å². The zero-order valence-corrected chi connectivity index (χ0v) is 14.6. The number of carbonyl (C=O) groups excluding carboxylic acids is 2. The number of nitrogens with one attached hydrogen (secondary N) is 1. The number of rotatable bonds is 5. The fourth-order valence-corrected chi connectivity index (χ4v) is 3.01. The van der Waals surface area contributed by atoms with Crippen LogP contribution < -0.4 is 11.1 Å². The number of ether oxygens (including phenoxy) is 1. The molecule has 0 atom stereocenters. The number of benzene rings is 1. The molecule has 3 N–H and O–H groups in total. The smallest absolute Gasteiger partial charge is 0.412 e. The lowest BCUT2D eigenvalue weighted by Crippen LogP contribution is -2.19. The van der Waals surface area contributed by atoms with E-state index in [1.165, 1.54) is 18.0 Å². The molecule has 0 aliphatic rings. The number of anilines is 1. The van der Waals surface area contributed by atoms with Gasteiger partial charge in [0, 0.05) is 11.1 Å². The van der Waals surface area contributed by atoms with Crippen molar-refractivity contribution in [1.82, 2.24) is 19.6 Å². The van der Waals surface area contributed by atoms with E-state index in [-0.39, 0.29) is 18.3 Å². The highest BCUT2D eigenvalue weighted by Gasteiger charge is 2.19. The van der Waals surface area contributed by atoms with Crippen LogP contribution in [-0.4, -0.2) is 45.2 Å². The van der Waals surface area contributed by atoms with E-state index in [9.17, 15) is 9.59 Å². The fraction of sp³-hybridized carbons (Fsp3) is 0.294. The molecule has 9 heteroatoms. The summed E-state index contributed by atoms with van der Waals surface area (Å²) >= 11 is 0. The van der Waals surface area contributed by atoms with Gasteiger partial charge in [0.2, 0.25) is 0 Å². The van der Waals surface area contributed by atoms with Crippen molar-refractivity contribution in [3.05, 3.63) is 41.7 Å². The molecular weight excluding hydrogens is 336 g/mol. The SMILES string of the molecule is COC(=O)Nc1cn(CC(=O)n2c(C)c(CCN)c3ccccc32)nn1. The van der Waals surface area contributed by atoms with Crippen molar-refractivity contribution in [2.24, 2.45) is 5.73 Å². The molecular formula is C17H20N6O3. The highest BCUT2D eigenvalue weighted by molar-refractivity contribution is 5.96. The van der Waals surface area contributed by atoms with Gasteiger partial charge < -0.3 is 10.5 Å². The van der Waals surface area contributed by atoms with Crippen molar-refractivity contribution in [3.8, 4) is 0 Å². The summed E-state index contributed by atoms with van der Waals surface area (Å²) in [6.07, 6.45) is 1.52. The number of nitrogens with two attached hydrogens (primary N) is 1. The molecule has 0 bridgehead atoms. The number of methoxy groups -OCH3 is 1. The van der Waals surface area contributed by atoms with E-state index < -0.39 is 6.09 Å². The molecule has 0 aliphatic heterocycles. The molecule has 9 nitrogen and oxygen atoms in total. The van der Waals surface area contributed by atoms with Gasteiger partial charge in [0.05, 0.1) is 18.8 Å². The van der Waals surface area contributed by atoms with Crippen molar-refractivity contribution in [3.63, 3.8) is 0 Å². The van der Waals surface area contributed by atoms with Gasteiger partial charge in [0.1, 0.15) is 6.54 Å². The predicted molar refractivity (Wildman–Crippen MR) is 96.1 cm³/mol. The first kappa shape index (κ1) is 17.6. The summed E-state index contributed by atoms with van der Waals surface area (Å²) in [5, 5.41) is 11.1. The van der Waals surface area contributed by atoms with Crippen LogP contribution in [0.5, 0.6) is 0 Å². The largest absolute Gasteiger partial charge is 0.453 e. The Morgan fingerprint density at radius 2 is 2.08 bits per heavy atom. The average Bonchev–Trinajstić information content (AvgIpc) is 3.17. The Kier molecular flexibility index (Phi) is 4.99. The minimum Gasteiger partial charge on any atom is -0.453 e. The predicted octanol–water partition coefficient (Wildman–Crippen LogP) is 1.56. The second-order valence-corrected chi connectivity index (χ2v) is 5.77. The van der Waals surface area contributed by atoms with Gasteiger partial charge >= 0.3 is 6.09 Å². The number of nitrogens with zero attached hydrogens (tertiary/aromatic N) is 4. The van der Waals surface area contributed by atoms with Crippen LogP contribution in [-0.2, 0) is 17.7 Å². The molecule has 0 unspecified atom stereocenters. The molecule has 0 spiro atoms. The second kappa shape index (κ2) is 7.36. The average molecular weight is 356 g/mol. The van der Waals surface area contributed by atoms with E-state index in [1.54, 1.807) is 4.57 Å². The lowest BCUT2D eigenvalue weighted by atomic mass is 10.1. The van der Waals surface area contributed by atoms with Gasteiger partial charge in [-0.05, 0) is 31.5 Å². The van der Waals surface area contributed by atoms with E-state index in [0.29, 0.717) is 13.0 Å². The van der Waals surface area contributed by atoms with Gasteiger partial charge in [-0.2, -0.15) is 0 Å². The Morgan fingerprint density at radius 3 is 2.81 bits per heavy atom. The van der Waals surface area contributed by atoms with Crippen molar-refractivity contribution in [1.29, 1.82) is 0 Å². The van der Waals surface area contributed by atoms with Gasteiger partial charge in [0.15, 0.2) is 5.82 Å².